The lowest BCUT2D eigenvalue weighted by Gasteiger charge is -2.16. The highest BCUT2D eigenvalue weighted by Gasteiger charge is 2.20. The largest absolute Gasteiger partial charge is 0.480 e. The minimum absolute atomic E-state index is 0. The van der Waals surface area contributed by atoms with Crippen molar-refractivity contribution < 1.29 is 34.9 Å². The quantitative estimate of drug-likeness (QED) is 0.180. The van der Waals surface area contributed by atoms with Crippen LogP contribution in [-0.4, -0.2) is 86.9 Å². The van der Waals surface area contributed by atoms with Crippen molar-refractivity contribution in [2.75, 3.05) is 12.3 Å². The van der Waals surface area contributed by atoms with Gasteiger partial charge in [-0.15, -0.1) is 0 Å². The van der Waals surface area contributed by atoms with Gasteiger partial charge in [0.1, 0.15) is 18.6 Å². The first-order valence-corrected chi connectivity index (χ1v) is 6.29. The number of amides is 2. The zero-order valence-corrected chi connectivity index (χ0v) is 11.9. The number of carbonyl (C=O) groups excluding carboxylic acids is 2. The Hall–Kier alpha value is -1.08. The molecule has 0 spiro atoms. The Morgan fingerprint density at radius 1 is 1.18 bits per heavy atom. The molecule has 8 N–H and O–H groups in total. The van der Waals surface area contributed by atoms with Crippen LogP contribution >= 0.6 is 12.6 Å². The van der Waals surface area contributed by atoms with Gasteiger partial charge in [0.2, 0.25) is 11.8 Å². The molecule has 0 saturated heterocycles. The van der Waals surface area contributed by atoms with Crippen LogP contribution in [0.2, 0.25) is 0 Å². The van der Waals surface area contributed by atoms with E-state index in [1.165, 1.54) is 0 Å². The first-order chi connectivity index (χ1) is 9.27. The lowest BCUT2D eigenvalue weighted by Crippen LogP contribution is -2.49. The second-order valence-electron chi connectivity index (χ2n) is 3.90. The second-order valence-corrected chi connectivity index (χ2v) is 4.26. The lowest BCUT2D eigenvalue weighted by molar-refractivity contribution is -0.139. The Morgan fingerprint density at radius 2 is 1.73 bits per heavy atom. The molecule has 2 amide bonds. The fourth-order valence-electron chi connectivity index (χ4n) is 1.16. The van der Waals surface area contributed by atoms with Crippen molar-refractivity contribution in [3.8, 4) is 0 Å². The summed E-state index contributed by atoms with van der Waals surface area (Å²) in [6.07, 6.45) is -0.235. The molecular formula is C10H21MgN3O7S. The van der Waals surface area contributed by atoms with E-state index in [1.54, 1.807) is 0 Å². The molecule has 0 aromatic rings. The molecular weight excluding hydrogens is 330 g/mol. The summed E-state index contributed by atoms with van der Waals surface area (Å²) < 4.78 is 0. The Kier molecular flexibility index (Phi) is 15.9. The first-order valence-electron chi connectivity index (χ1n) is 5.66. The van der Waals surface area contributed by atoms with Gasteiger partial charge in [0.25, 0.3) is 0 Å². The number of rotatable bonds is 9. The Labute approximate surface area is 148 Å². The molecule has 0 bridgehead atoms. The smallest absolute Gasteiger partial charge is 0.322 e. The van der Waals surface area contributed by atoms with Crippen molar-refractivity contribution in [3.05, 3.63) is 0 Å². The van der Waals surface area contributed by atoms with E-state index >= 15 is 0 Å². The normalized spacial score (nSPS) is 11.9. The van der Waals surface area contributed by atoms with Crippen LogP contribution in [0.15, 0.2) is 0 Å². The molecule has 0 radical (unpaired) electrons. The SMILES string of the molecule is N[C@@H](CCC(=O)N[C@@H](CS)C(=O)NCC(=O)O)C(=O)O.O.[MgH2]. The zero-order chi connectivity index (χ0) is 15.7. The molecule has 0 fully saturated rings. The monoisotopic (exact) mass is 351 g/mol. The topological polar surface area (TPSA) is 190 Å². The molecule has 0 heterocycles. The van der Waals surface area contributed by atoms with Crippen LogP contribution in [0, 0.1) is 0 Å². The van der Waals surface area contributed by atoms with Crippen molar-refractivity contribution in [2.45, 2.75) is 24.9 Å². The molecule has 0 rings (SSSR count). The molecule has 2 atom stereocenters. The van der Waals surface area contributed by atoms with Crippen molar-refractivity contribution in [2.24, 2.45) is 5.73 Å². The summed E-state index contributed by atoms with van der Waals surface area (Å²) in [5.74, 6) is -3.70. The van der Waals surface area contributed by atoms with Gasteiger partial charge in [-0.2, -0.15) is 12.6 Å². The highest BCUT2D eigenvalue weighted by Crippen LogP contribution is 1.97. The van der Waals surface area contributed by atoms with Gasteiger partial charge in [-0.3, -0.25) is 19.2 Å². The Balaban J connectivity index is -0.00000180. The molecule has 0 aliphatic rings. The minimum Gasteiger partial charge on any atom is -0.480 e. The summed E-state index contributed by atoms with van der Waals surface area (Å²) in [5.41, 5.74) is 5.23. The summed E-state index contributed by atoms with van der Waals surface area (Å²) in [7, 11) is 0. The maximum atomic E-state index is 11.5. The maximum Gasteiger partial charge on any atom is 0.322 e. The first kappa shape index (κ1) is 25.8. The standard InChI is InChI=1S/C10H17N3O6S.Mg.H2O.2H/c11-5(10(18)19)1-2-7(14)13-6(4-20)9(17)12-3-8(15)16;;;;/h5-6,20H,1-4,11H2,(H,12,17)(H,13,14)(H,15,16)(H,18,19);;1H2;;/t5-,6-;;;;/m0..../s1. The van der Waals surface area contributed by atoms with E-state index in [2.05, 4.69) is 23.3 Å². The average molecular weight is 352 g/mol. The molecule has 0 aromatic carbocycles. The average Bonchev–Trinajstić information content (AvgIpc) is 2.38. The molecule has 0 saturated carbocycles. The molecule has 0 aliphatic heterocycles. The fourth-order valence-corrected chi connectivity index (χ4v) is 1.41. The molecule has 126 valence electrons. The third-order valence-electron chi connectivity index (χ3n) is 2.25. The second kappa shape index (κ2) is 13.6. The van der Waals surface area contributed by atoms with Gasteiger partial charge < -0.3 is 32.1 Å². The van der Waals surface area contributed by atoms with E-state index in [0.717, 1.165) is 0 Å². The van der Waals surface area contributed by atoms with Gasteiger partial charge >= 0.3 is 35.0 Å². The number of nitrogens with two attached hydrogens (primary N) is 1. The highest BCUT2D eigenvalue weighted by atomic mass is 32.1. The van der Waals surface area contributed by atoms with Crippen molar-refractivity contribution in [1.29, 1.82) is 0 Å². The van der Waals surface area contributed by atoms with Crippen molar-refractivity contribution >= 4 is 59.4 Å². The molecule has 12 heteroatoms. The predicted octanol–water partition coefficient (Wildman–Crippen LogP) is -3.95. The number of carboxylic acids is 2. The van der Waals surface area contributed by atoms with Gasteiger partial charge in [0.15, 0.2) is 0 Å². The van der Waals surface area contributed by atoms with Gasteiger partial charge in [-0.25, -0.2) is 0 Å². The van der Waals surface area contributed by atoms with Crippen LogP contribution < -0.4 is 16.4 Å². The number of hydrogen-bond donors (Lipinski definition) is 6. The maximum absolute atomic E-state index is 11.5. The van der Waals surface area contributed by atoms with Gasteiger partial charge in [-0.1, -0.05) is 0 Å². The Morgan fingerprint density at radius 3 is 2.14 bits per heavy atom. The summed E-state index contributed by atoms with van der Waals surface area (Å²) in [6, 6.07) is -2.15. The fraction of sp³-hybridized carbons (Fsp3) is 0.600. The Bertz CT molecular complexity index is 397. The third-order valence-corrected chi connectivity index (χ3v) is 2.61. The van der Waals surface area contributed by atoms with Crippen molar-refractivity contribution in [1.82, 2.24) is 10.6 Å². The van der Waals surface area contributed by atoms with Gasteiger partial charge in [0.05, 0.1) is 0 Å². The van der Waals surface area contributed by atoms with Crippen LogP contribution in [0.5, 0.6) is 0 Å². The minimum atomic E-state index is -1.22. The molecule has 0 aromatic heterocycles. The number of carbonyl (C=O) groups is 4. The van der Waals surface area contributed by atoms with E-state index in [4.69, 9.17) is 15.9 Å². The van der Waals surface area contributed by atoms with Crippen LogP contribution in [0.4, 0.5) is 0 Å². The van der Waals surface area contributed by atoms with Crippen LogP contribution in [0.1, 0.15) is 12.8 Å². The van der Waals surface area contributed by atoms with E-state index in [-0.39, 0.29) is 47.1 Å². The number of hydrogen-bond acceptors (Lipinski definition) is 6. The number of aliphatic carboxylic acids is 2. The lowest BCUT2D eigenvalue weighted by atomic mass is 10.1. The molecule has 10 nitrogen and oxygen atoms in total. The van der Waals surface area contributed by atoms with Gasteiger partial charge in [-0.05, 0) is 6.42 Å². The number of thiol groups is 1. The number of nitrogens with one attached hydrogen (secondary N) is 2. The van der Waals surface area contributed by atoms with E-state index in [0.29, 0.717) is 0 Å². The van der Waals surface area contributed by atoms with Crippen molar-refractivity contribution in [3.63, 3.8) is 0 Å². The van der Waals surface area contributed by atoms with E-state index in [9.17, 15) is 19.2 Å². The van der Waals surface area contributed by atoms with Gasteiger partial charge in [0, 0.05) is 12.2 Å². The summed E-state index contributed by atoms with van der Waals surface area (Å²) in [5, 5.41) is 21.4. The summed E-state index contributed by atoms with van der Waals surface area (Å²) >= 11 is 3.87. The predicted molar refractivity (Wildman–Crippen MR) is 83.4 cm³/mol. The molecule has 0 aliphatic carbocycles. The molecule has 22 heavy (non-hydrogen) atoms. The summed E-state index contributed by atoms with van der Waals surface area (Å²) in [4.78, 5) is 43.7. The summed E-state index contributed by atoms with van der Waals surface area (Å²) in [6.45, 7) is -0.567. The number of carboxylic acid groups (broad SMARTS) is 2. The van der Waals surface area contributed by atoms with E-state index in [1.807, 2.05) is 0 Å². The van der Waals surface area contributed by atoms with Crippen LogP contribution in [0.3, 0.4) is 0 Å². The highest BCUT2D eigenvalue weighted by molar-refractivity contribution is 7.80. The molecule has 0 unspecified atom stereocenters. The van der Waals surface area contributed by atoms with Crippen LogP contribution in [0.25, 0.3) is 0 Å². The van der Waals surface area contributed by atoms with E-state index < -0.39 is 42.4 Å². The van der Waals surface area contributed by atoms with Crippen LogP contribution in [-0.2, 0) is 19.2 Å². The zero-order valence-electron chi connectivity index (χ0n) is 11.0. The third kappa shape index (κ3) is 11.6.